The lowest BCUT2D eigenvalue weighted by atomic mass is 10.1. The average Bonchev–Trinajstić information content (AvgIpc) is 3.37. The molecule has 11 heteroatoms. The van der Waals surface area contributed by atoms with Crippen molar-refractivity contribution in [3.63, 3.8) is 0 Å². The molecule has 0 atom stereocenters. The molecular weight excluding hydrogens is 466 g/mol. The summed E-state index contributed by atoms with van der Waals surface area (Å²) in [7, 11) is -1.43. The van der Waals surface area contributed by atoms with Crippen LogP contribution >= 0.6 is 0 Å². The molecule has 2 aromatic heterocycles. The van der Waals surface area contributed by atoms with Gasteiger partial charge in [0.05, 0.1) is 23.8 Å². The Morgan fingerprint density at radius 3 is 2.57 bits per heavy atom. The van der Waals surface area contributed by atoms with E-state index in [1.54, 1.807) is 41.1 Å². The van der Waals surface area contributed by atoms with Gasteiger partial charge in [0, 0.05) is 30.4 Å². The Morgan fingerprint density at radius 2 is 1.83 bits per heavy atom. The minimum Gasteiger partial charge on any atom is -0.337 e. The van der Waals surface area contributed by atoms with Crippen LogP contribution in [0.1, 0.15) is 40.5 Å². The van der Waals surface area contributed by atoms with Gasteiger partial charge < -0.3 is 9.88 Å². The second-order valence-corrected chi connectivity index (χ2v) is 10.6. The molecular formula is C24H25N7O3S. The van der Waals surface area contributed by atoms with Crippen molar-refractivity contribution >= 4 is 27.3 Å². The maximum atomic E-state index is 12.9. The molecule has 5 rings (SSSR count). The molecule has 0 saturated heterocycles. The molecule has 4 aromatic rings. The van der Waals surface area contributed by atoms with Crippen LogP contribution in [0.3, 0.4) is 0 Å². The lowest BCUT2D eigenvalue weighted by molar-refractivity contribution is 0.102. The summed E-state index contributed by atoms with van der Waals surface area (Å²) in [5.74, 6) is 1.27. The van der Waals surface area contributed by atoms with Gasteiger partial charge in [0.1, 0.15) is 17.2 Å². The standard InChI is InChI=1S/C24H25N7O3S/c1-15-7-8-17(24(32)25-18-5-4-6-19(12-18)28-35(3,33)34)11-22(15)31-14-21(27-29-31)20-13-30(2)23(26-20)16-9-10-16/h4-8,11-14,16,28H,9-10H2,1-3H3,(H,25,32). The van der Waals surface area contributed by atoms with E-state index in [9.17, 15) is 13.2 Å². The number of hydrogen-bond donors (Lipinski definition) is 2. The first-order chi connectivity index (χ1) is 16.7. The maximum Gasteiger partial charge on any atom is 0.255 e. The van der Waals surface area contributed by atoms with Crippen LogP contribution in [0.2, 0.25) is 0 Å². The van der Waals surface area contributed by atoms with Crippen LogP contribution in [-0.4, -0.2) is 45.1 Å². The molecule has 10 nitrogen and oxygen atoms in total. The number of sulfonamides is 1. The van der Waals surface area contributed by atoms with Crippen molar-refractivity contribution in [1.82, 2.24) is 24.5 Å². The molecule has 1 aliphatic carbocycles. The Labute approximate surface area is 203 Å². The number of imidazole rings is 1. The molecule has 1 amide bonds. The Hall–Kier alpha value is -3.99. The van der Waals surface area contributed by atoms with Crippen LogP contribution in [0.15, 0.2) is 54.9 Å². The second kappa shape index (κ2) is 8.66. The van der Waals surface area contributed by atoms with Crippen LogP contribution in [0.5, 0.6) is 0 Å². The average molecular weight is 492 g/mol. The molecule has 2 aromatic carbocycles. The fourth-order valence-corrected chi connectivity index (χ4v) is 4.45. The lowest BCUT2D eigenvalue weighted by Crippen LogP contribution is -2.14. The summed E-state index contributed by atoms with van der Waals surface area (Å²) >= 11 is 0. The van der Waals surface area contributed by atoms with E-state index in [0.29, 0.717) is 28.6 Å². The van der Waals surface area contributed by atoms with Crippen molar-refractivity contribution in [2.24, 2.45) is 7.05 Å². The number of anilines is 2. The zero-order valence-electron chi connectivity index (χ0n) is 19.6. The van der Waals surface area contributed by atoms with E-state index in [1.165, 1.54) is 12.8 Å². The predicted molar refractivity (Wildman–Crippen MR) is 133 cm³/mol. The van der Waals surface area contributed by atoms with Crippen molar-refractivity contribution in [2.75, 3.05) is 16.3 Å². The first-order valence-corrected chi connectivity index (χ1v) is 13.0. The van der Waals surface area contributed by atoms with Crippen LogP contribution in [-0.2, 0) is 17.1 Å². The summed E-state index contributed by atoms with van der Waals surface area (Å²) < 4.78 is 29.1. The topological polar surface area (TPSA) is 124 Å². The van der Waals surface area contributed by atoms with E-state index < -0.39 is 10.0 Å². The molecule has 0 radical (unpaired) electrons. The van der Waals surface area contributed by atoms with Crippen LogP contribution in [0.25, 0.3) is 17.1 Å². The highest BCUT2D eigenvalue weighted by Crippen LogP contribution is 2.39. The van der Waals surface area contributed by atoms with Gasteiger partial charge in [0.25, 0.3) is 5.91 Å². The van der Waals surface area contributed by atoms with Gasteiger partial charge in [-0.3, -0.25) is 9.52 Å². The van der Waals surface area contributed by atoms with Gasteiger partial charge in [0.2, 0.25) is 10.0 Å². The first-order valence-electron chi connectivity index (χ1n) is 11.1. The Balaban J connectivity index is 1.37. The van der Waals surface area contributed by atoms with Crippen molar-refractivity contribution in [2.45, 2.75) is 25.7 Å². The van der Waals surface area contributed by atoms with Gasteiger partial charge in [-0.05, 0) is 55.7 Å². The Morgan fingerprint density at radius 1 is 1.06 bits per heavy atom. The largest absolute Gasteiger partial charge is 0.337 e. The number of carbonyl (C=O) groups excluding carboxylic acids is 1. The number of hydrogen-bond acceptors (Lipinski definition) is 6. The van der Waals surface area contributed by atoms with E-state index in [2.05, 4.69) is 20.4 Å². The molecule has 0 aliphatic heterocycles. The van der Waals surface area contributed by atoms with Crippen LogP contribution in [0, 0.1) is 6.92 Å². The lowest BCUT2D eigenvalue weighted by Gasteiger charge is -2.10. The minimum atomic E-state index is -3.42. The third-order valence-corrected chi connectivity index (χ3v) is 6.36. The van der Waals surface area contributed by atoms with Gasteiger partial charge in [-0.2, -0.15) is 0 Å². The number of nitrogens with one attached hydrogen (secondary N) is 2. The van der Waals surface area contributed by atoms with E-state index >= 15 is 0 Å². The summed E-state index contributed by atoms with van der Waals surface area (Å²) in [6.45, 7) is 1.94. The van der Waals surface area contributed by atoms with Gasteiger partial charge in [-0.15, -0.1) is 5.10 Å². The Kier molecular flexibility index (Phi) is 5.64. The SMILES string of the molecule is Cc1ccc(C(=O)Nc2cccc(NS(C)(=O)=O)c2)cc1-n1cc(-c2cn(C)c(C3CC3)n2)nn1. The number of benzene rings is 2. The zero-order valence-corrected chi connectivity index (χ0v) is 20.4. The number of carbonyl (C=O) groups is 1. The zero-order chi connectivity index (χ0) is 24.7. The monoisotopic (exact) mass is 491 g/mol. The molecule has 0 unspecified atom stereocenters. The molecule has 180 valence electrons. The van der Waals surface area contributed by atoms with Crippen LogP contribution < -0.4 is 10.0 Å². The van der Waals surface area contributed by atoms with Crippen molar-refractivity contribution in [3.8, 4) is 17.1 Å². The number of aromatic nitrogens is 5. The maximum absolute atomic E-state index is 12.9. The van der Waals surface area contributed by atoms with E-state index in [1.807, 2.05) is 37.0 Å². The predicted octanol–water partition coefficient (Wildman–Crippen LogP) is 3.48. The third-order valence-electron chi connectivity index (χ3n) is 5.75. The highest BCUT2D eigenvalue weighted by molar-refractivity contribution is 7.92. The Bertz CT molecular complexity index is 1530. The molecule has 1 aliphatic rings. The smallest absolute Gasteiger partial charge is 0.255 e. The van der Waals surface area contributed by atoms with Crippen molar-refractivity contribution < 1.29 is 13.2 Å². The molecule has 35 heavy (non-hydrogen) atoms. The quantitative estimate of drug-likeness (QED) is 0.408. The van der Waals surface area contributed by atoms with E-state index in [-0.39, 0.29) is 5.91 Å². The number of rotatable bonds is 7. The van der Waals surface area contributed by atoms with E-state index in [0.717, 1.165) is 29.0 Å². The van der Waals surface area contributed by atoms with Gasteiger partial charge in [0.15, 0.2) is 0 Å². The molecule has 0 spiro atoms. The summed E-state index contributed by atoms with van der Waals surface area (Å²) in [4.78, 5) is 17.7. The number of nitrogens with zero attached hydrogens (tertiary/aromatic N) is 5. The summed E-state index contributed by atoms with van der Waals surface area (Å²) in [6, 6.07) is 11.8. The fourth-order valence-electron chi connectivity index (χ4n) is 3.90. The number of amides is 1. The summed E-state index contributed by atoms with van der Waals surface area (Å²) in [5.41, 5.74) is 4.35. The van der Waals surface area contributed by atoms with Gasteiger partial charge in [-0.25, -0.2) is 18.1 Å². The molecule has 1 saturated carbocycles. The molecule has 1 fully saturated rings. The van der Waals surface area contributed by atoms with Crippen LogP contribution in [0.4, 0.5) is 11.4 Å². The summed E-state index contributed by atoms with van der Waals surface area (Å²) in [5, 5.41) is 11.4. The van der Waals surface area contributed by atoms with E-state index in [4.69, 9.17) is 4.98 Å². The number of aryl methyl sites for hydroxylation is 2. The highest BCUT2D eigenvalue weighted by atomic mass is 32.2. The van der Waals surface area contributed by atoms with Gasteiger partial charge >= 0.3 is 0 Å². The fraction of sp³-hybridized carbons (Fsp3) is 0.250. The first kappa shape index (κ1) is 22.8. The molecule has 0 bridgehead atoms. The van der Waals surface area contributed by atoms with Crippen molar-refractivity contribution in [1.29, 1.82) is 0 Å². The molecule has 2 N–H and O–H groups in total. The molecule has 2 heterocycles. The normalized spacial score (nSPS) is 13.6. The third kappa shape index (κ3) is 5.09. The van der Waals surface area contributed by atoms with Crippen molar-refractivity contribution in [3.05, 3.63) is 71.8 Å². The second-order valence-electron chi connectivity index (χ2n) is 8.83. The minimum absolute atomic E-state index is 0.332. The summed E-state index contributed by atoms with van der Waals surface area (Å²) in [6.07, 6.45) is 7.18. The van der Waals surface area contributed by atoms with Gasteiger partial charge in [-0.1, -0.05) is 17.3 Å². The highest BCUT2D eigenvalue weighted by Gasteiger charge is 2.28.